The highest BCUT2D eigenvalue weighted by Gasteiger charge is 2.26. The van der Waals surface area contributed by atoms with E-state index in [1.807, 2.05) is 30.3 Å². The molecule has 1 saturated heterocycles. The maximum absolute atomic E-state index is 13.5. The number of aliphatic carboxylic acids is 6. The Hall–Kier alpha value is -7.48. The van der Waals surface area contributed by atoms with Gasteiger partial charge in [0.15, 0.2) is 0 Å². The third-order valence-corrected chi connectivity index (χ3v) is 11.3. The van der Waals surface area contributed by atoms with Crippen molar-refractivity contribution >= 4 is 65.6 Å². The predicted octanol–water partition coefficient (Wildman–Crippen LogP) is -0.663. The molecule has 0 aromatic heterocycles. The maximum atomic E-state index is 13.5. The molecule has 11 N–H and O–H groups in total. The zero-order valence-electron chi connectivity index (χ0n) is 39.8. The van der Waals surface area contributed by atoms with E-state index in [1.165, 1.54) is 12.1 Å². The van der Waals surface area contributed by atoms with Crippen molar-refractivity contribution in [1.82, 2.24) is 46.2 Å². The van der Waals surface area contributed by atoms with E-state index in [-0.39, 0.29) is 129 Å². The number of nitrogens with zero attached hydrogens (tertiary/aromatic N) is 4. The first-order valence-corrected chi connectivity index (χ1v) is 23.2. The van der Waals surface area contributed by atoms with Gasteiger partial charge in [-0.3, -0.25) is 53.2 Å². The minimum Gasteiger partial charge on any atom is -0.481 e. The van der Waals surface area contributed by atoms with Crippen molar-refractivity contribution in [2.24, 2.45) is 0 Å². The average molecular weight is 1010 g/mol. The van der Waals surface area contributed by atoms with Crippen molar-refractivity contribution in [3.63, 3.8) is 0 Å². The number of carbonyl (C=O) groups excluding carboxylic acids is 4. The monoisotopic (exact) mass is 1010 g/mol. The van der Waals surface area contributed by atoms with E-state index >= 15 is 0 Å². The smallest absolute Gasteiger partial charge is 0.326 e. The Morgan fingerprint density at radius 3 is 1.49 bits per heavy atom. The van der Waals surface area contributed by atoms with Gasteiger partial charge in [-0.15, -0.1) is 0 Å². The fourth-order valence-electron chi connectivity index (χ4n) is 7.34. The van der Waals surface area contributed by atoms with Gasteiger partial charge in [-0.1, -0.05) is 54.6 Å². The van der Waals surface area contributed by atoms with Crippen LogP contribution >= 0.6 is 0 Å². The van der Waals surface area contributed by atoms with Crippen molar-refractivity contribution < 1.29 is 78.6 Å². The molecule has 0 spiro atoms. The summed E-state index contributed by atoms with van der Waals surface area (Å²) in [6, 6.07) is 10.4. The fourth-order valence-corrected chi connectivity index (χ4v) is 7.34. The number of nitrogens with one attached hydrogen (secondary N) is 5. The molecule has 0 saturated carbocycles. The highest BCUT2D eigenvalue weighted by molar-refractivity contribution is 5.97. The number of benzene rings is 2. The second-order valence-electron chi connectivity index (χ2n) is 17.0. The van der Waals surface area contributed by atoms with Crippen LogP contribution in [-0.4, -0.2) is 213 Å². The maximum Gasteiger partial charge on any atom is 0.326 e. The lowest BCUT2D eigenvalue weighted by molar-refractivity contribution is -0.141. The first-order valence-electron chi connectivity index (χ1n) is 23.2. The van der Waals surface area contributed by atoms with Crippen LogP contribution in [0, 0.1) is 0 Å². The predicted molar refractivity (Wildman–Crippen MR) is 257 cm³/mol. The summed E-state index contributed by atoms with van der Waals surface area (Å²) in [7, 11) is 0. The molecule has 1 unspecified atom stereocenters. The molecule has 3 rings (SSSR count). The molecule has 394 valence electrons. The summed E-state index contributed by atoms with van der Waals surface area (Å²) in [5.41, 5.74) is 1.71. The number of urea groups is 1. The largest absolute Gasteiger partial charge is 0.481 e. The third-order valence-electron chi connectivity index (χ3n) is 11.3. The molecule has 2 aromatic rings. The summed E-state index contributed by atoms with van der Waals surface area (Å²) in [6.45, 7) is 1.10. The number of carboxylic acids is 6. The molecule has 25 nitrogen and oxygen atoms in total. The molecule has 0 radical (unpaired) electrons. The van der Waals surface area contributed by atoms with Crippen molar-refractivity contribution in [3.8, 4) is 0 Å². The third kappa shape index (κ3) is 24.4. The van der Waals surface area contributed by atoms with Crippen LogP contribution < -0.4 is 26.6 Å². The highest BCUT2D eigenvalue weighted by Crippen LogP contribution is 2.10. The minimum atomic E-state index is -1.56. The van der Waals surface area contributed by atoms with Crippen LogP contribution in [0.15, 0.2) is 60.7 Å². The molecule has 3 atom stereocenters. The van der Waals surface area contributed by atoms with E-state index in [0.717, 1.165) is 5.56 Å². The number of carboxylic acid groups (broad SMARTS) is 6. The molecular weight excluding hydrogens is 947 g/mol. The van der Waals surface area contributed by atoms with Gasteiger partial charge in [-0.25, -0.2) is 14.4 Å². The molecular formula is C47H65N9O16. The normalized spacial score (nSPS) is 15.6. The molecule has 1 fully saturated rings. The Bertz CT molecular complexity index is 2150. The lowest BCUT2D eigenvalue weighted by atomic mass is 10.1. The molecule has 0 bridgehead atoms. The van der Waals surface area contributed by atoms with Gasteiger partial charge >= 0.3 is 41.8 Å². The van der Waals surface area contributed by atoms with E-state index in [0.29, 0.717) is 5.56 Å². The van der Waals surface area contributed by atoms with Crippen LogP contribution in [0.25, 0.3) is 6.08 Å². The lowest BCUT2D eigenvalue weighted by Gasteiger charge is -2.32. The zero-order valence-corrected chi connectivity index (χ0v) is 39.8. The zero-order chi connectivity index (χ0) is 53.0. The van der Waals surface area contributed by atoms with Gasteiger partial charge in [0.1, 0.15) is 18.1 Å². The Kier molecular flexibility index (Phi) is 25.9. The van der Waals surface area contributed by atoms with Gasteiger partial charge in [-0.2, -0.15) is 0 Å². The standard InChI is InChI=1S/C47H65N9O16/c57-38(28-53-19-21-54(29-40(60)61)23-25-56(31-42(64)65)26-24-55(22-20-53)30-41(62)63)49-27-33-12-14-34(15-13-33)43(66)50-35(11-6-9-32-7-2-1-3-8-32)44(67)48-18-5-4-10-36(45(68)69)51-47(72)52-37(46(70)71)16-17-39(58)59/h1-3,6-9,12-15,35-37H,4-5,10-11,16-31H2,(H,48,67)(H,49,57)(H,50,66)(H,58,59)(H,60,61)(H,62,63)(H,64,65)(H,68,69)(H,70,71)(H2,51,52,72)/b9-6+/t35-,36?,37-/m0/s1. The van der Waals surface area contributed by atoms with Crippen LogP contribution in [0.4, 0.5) is 4.79 Å². The number of carbonyl (C=O) groups is 10. The Morgan fingerprint density at radius 1 is 0.528 bits per heavy atom. The second kappa shape index (κ2) is 31.7. The summed E-state index contributed by atoms with van der Waals surface area (Å²) in [5, 5.41) is 68.7. The molecule has 1 aliphatic heterocycles. The van der Waals surface area contributed by atoms with Crippen LogP contribution in [0.2, 0.25) is 0 Å². The molecule has 25 heteroatoms. The van der Waals surface area contributed by atoms with E-state index in [2.05, 4.69) is 26.6 Å². The first kappa shape index (κ1) is 58.8. The van der Waals surface area contributed by atoms with Crippen LogP contribution in [-0.2, 0) is 44.9 Å². The molecule has 2 aromatic carbocycles. The van der Waals surface area contributed by atoms with Crippen LogP contribution in [0.1, 0.15) is 60.0 Å². The Balaban J connectivity index is 1.59. The van der Waals surface area contributed by atoms with E-state index in [4.69, 9.17) is 5.11 Å². The first-order chi connectivity index (χ1) is 34.3. The van der Waals surface area contributed by atoms with Crippen LogP contribution in [0.5, 0.6) is 0 Å². The number of rotatable bonds is 28. The van der Waals surface area contributed by atoms with Crippen molar-refractivity contribution in [3.05, 3.63) is 77.4 Å². The Morgan fingerprint density at radius 2 is 1.01 bits per heavy atom. The van der Waals surface area contributed by atoms with E-state index in [9.17, 15) is 73.5 Å². The fraction of sp³-hybridized carbons (Fsp3) is 0.489. The average Bonchev–Trinajstić information content (AvgIpc) is 3.31. The summed E-state index contributed by atoms with van der Waals surface area (Å²) in [4.78, 5) is 128. The highest BCUT2D eigenvalue weighted by atomic mass is 16.4. The number of hydrogen-bond donors (Lipinski definition) is 11. The van der Waals surface area contributed by atoms with Gasteiger partial charge in [0.25, 0.3) is 5.91 Å². The van der Waals surface area contributed by atoms with Crippen molar-refractivity contribution in [2.45, 2.75) is 63.2 Å². The number of unbranched alkanes of at least 4 members (excludes halogenated alkanes) is 1. The van der Waals surface area contributed by atoms with E-state index in [1.54, 1.807) is 43.9 Å². The minimum absolute atomic E-state index is 0.0714. The van der Waals surface area contributed by atoms with Gasteiger partial charge in [0.05, 0.1) is 26.2 Å². The van der Waals surface area contributed by atoms with Gasteiger partial charge in [-0.05, 0) is 55.4 Å². The van der Waals surface area contributed by atoms with E-state index < -0.39 is 84.6 Å². The number of amides is 5. The van der Waals surface area contributed by atoms with Crippen LogP contribution in [0.3, 0.4) is 0 Å². The SMILES string of the molecule is O=C(O)CC[C@H](NC(=O)NC(CCCCNC(=O)[C@H](C/C=C/c1ccccc1)NC(=O)c1ccc(CNC(=O)CN2CCN(CC(=O)O)CCN(CC(=O)O)CCN(CC(=O)O)CC2)cc1)C(=O)O)C(=O)O. The van der Waals surface area contributed by atoms with Gasteiger partial charge in [0, 0.05) is 77.4 Å². The Labute approximate surface area is 415 Å². The molecule has 1 aliphatic rings. The quantitative estimate of drug-likeness (QED) is 0.0471. The summed E-state index contributed by atoms with van der Waals surface area (Å²) in [6.07, 6.45) is 3.03. The van der Waals surface area contributed by atoms with Gasteiger partial charge in [0.2, 0.25) is 11.8 Å². The lowest BCUT2D eigenvalue weighted by Crippen LogP contribution is -2.51. The molecule has 1 heterocycles. The molecule has 5 amide bonds. The summed E-state index contributed by atoms with van der Waals surface area (Å²) >= 11 is 0. The molecule has 0 aliphatic carbocycles. The second-order valence-corrected chi connectivity index (χ2v) is 17.0. The van der Waals surface area contributed by atoms with Crippen molar-refractivity contribution in [2.75, 3.05) is 85.1 Å². The topological polar surface area (TPSA) is 365 Å². The van der Waals surface area contributed by atoms with Gasteiger partial charge < -0.3 is 57.2 Å². The summed E-state index contributed by atoms with van der Waals surface area (Å²) < 4.78 is 0. The number of hydrogen-bond acceptors (Lipinski definition) is 14. The van der Waals surface area contributed by atoms with Crippen molar-refractivity contribution in [1.29, 1.82) is 0 Å². The molecule has 72 heavy (non-hydrogen) atoms. The summed E-state index contributed by atoms with van der Waals surface area (Å²) in [5.74, 6) is -8.83.